The van der Waals surface area contributed by atoms with Crippen LogP contribution in [0, 0.1) is 11.8 Å². The zero-order chi connectivity index (χ0) is 19.6. The molecule has 0 spiro atoms. The van der Waals surface area contributed by atoms with Crippen LogP contribution in [0.5, 0.6) is 0 Å². The van der Waals surface area contributed by atoms with E-state index in [1.165, 1.54) is 4.90 Å². The zero-order valence-corrected chi connectivity index (χ0v) is 15.7. The van der Waals surface area contributed by atoms with Crippen molar-refractivity contribution in [3.8, 4) is 0 Å². The Balaban J connectivity index is 1.63. The minimum atomic E-state index is -0.279. The lowest BCUT2D eigenvalue weighted by molar-refractivity contribution is -0.117. The van der Waals surface area contributed by atoms with E-state index in [0.717, 1.165) is 6.42 Å². The fourth-order valence-electron chi connectivity index (χ4n) is 2.82. The van der Waals surface area contributed by atoms with Crippen molar-refractivity contribution >= 4 is 29.1 Å². The van der Waals surface area contributed by atoms with Crippen LogP contribution in [0.25, 0.3) is 0 Å². The highest BCUT2D eigenvalue weighted by Crippen LogP contribution is 2.38. The Morgan fingerprint density at radius 3 is 2.19 bits per heavy atom. The molecule has 2 aromatic rings. The predicted molar refractivity (Wildman–Crippen MR) is 105 cm³/mol. The number of carbonyl (C=O) groups excluding carboxylic acids is 3. The molecule has 0 bridgehead atoms. The van der Waals surface area contributed by atoms with Gasteiger partial charge >= 0.3 is 0 Å². The van der Waals surface area contributed by atoms with Crippen LogP contribution in [-0.4, -0.2) is 36.7 Å². The van der Waals surface area contributed by atoms with E-state index in [-0.39, 0.29) is 23.6 Å². The molecule has 3 rings (SSSR count). The van der Waals surface area contributed by atoms with Gasteiger partial charge in [0.2, 0.25) is 5.91 Å². The second-order valence-corrected chi connectivity index (χ2v) is 7.12. The number of anilines is 2. The molecule has 0 heterocycles. The summed E-state index contributed by atoms with van der Waals surface area (Å²) in [6.45, 7) is 2.05. The highest BCUT2D eigenvalue weighted by Gasteiger charge is 2.39. The molecule has 27 heavy (non-hydrogen) atoms. The molecule has 0 radical (unpaired) electrons. The average molecular weight is 365 g/mol. The molecule has 1 fully saturated rings. The van der Waals surface area contributed by atoms with Crippen LogP contribution >= 0.6 is 0 Å². The summed E-state index contributed by atoms with van der Waals surface area (Å²) in [5.41, 5.74) is 2.20. The maximum atomic E-state index is 12.4. The molecule has 2 aromatic carbocycles. The van der Waals surface area contributed by atoms with Crippen LogP contribution < -0.4 is 10.6 Å². The first-order chi connectivity index (χ1) is 12.8. The minimum Gasteiger partial charge on any atom is -0.345 e. The average Bonchev–Trinajstić information content (AvgIpc) is 3.38. The number of benzene rings is 2. The van der Waals surface area contributed by atoms with Gasteiger partial charge in [0.1, 0.15) is 0 Å². The van der Waals surface area contributed by atoms with Gasteiger partial charge in [-0.25, -0.2) is 0 Å². The molecule has 2 atom stereocenters. The summed E-state index contributed by atoms with van der Waals surface area (Å²) in [7, 11) is 3.36. The molecule has 0 saturated heterocycles. The van der Waals surface area contributed by atoms with Crippen LogP contribution in [0.2, 0.25) is 0 Å². The standard InChI is InChI=1S/C21H23N3O3/c1-13-11-18(13)20(26)22-16-9-7-14(8-10-16)19(25)23-17-6-4-5-15(12-17)21(27)24(2)3/h4-10,12-13,18H,11H2,1-3H3,(H,22,26)(H,23,25). The minimum absolute atomic E-state index is 0.0297. The summed E-state index contributed by atoms with van der Waals surface area (Å²) in [6.07, 6.45) is 0.932. The van der Waals surface area contributed by atoms with E-state index < -0.39 is 0 Å². The highest BCUT2D eigenvalue weighted by atomic mass is 16.2. The Labute approximate surface area is 158 Å². The Hall–Kier alpha value is -3.15. The van der Waals surface area contributed by atoms with Crippen LogP contribution in [0.1, 0.15) is 34.1 Å². The molecule has 0 aromatic heterocycles. The summed E-state index contributed by atoms with van der Waals surface area (Å²) < 4.78 is 0. The maximum Gasteiger partial charge on any atom is 0.255 e. The van der Waals surface area contributed by atoms with Gasteiger partial charge in [0.05, 0.1) is 0 Å². The van der Waals surface area contributed by atoms with Crippen LogP contribution in [-0.2, 0) is 4.79 Å². The summed E-state index contributed by atoms with van der Waals surface area (Å²) in [5.74, 6) is 0.173. The van der Waals surface area contributed by atoms with Crippen LogP contribution in [0.3, 0.4) is 0 Å². The van der Waals surface area contributed by atoms with E-state index in [4.69, 9.17) is 0 Å². The first kappa shape index (κ1) is 18.6. The van der Waals surface area contributed by atoms with Gasteiger partial charge in [-0.15, -0.1) is 0 Å². The van der Waals surface area contributed by atoms with E-state index >= 15 is 0 Å². The van der Waals surface area contributed by atoms with Crippen LogP contribution in [0.15, 0.2) is 48.5 Å². The molecule has 6 nitrogen and oxygen atoms in total. The van der Waals surface area contributed by atoms with Gasteiger partial charge in [0, 0.05) is 42.5 Å². The van der Waals surface area contributed by atoms with Gasteiger partial charge in [0.25, 0.3) is 11.8 Å². The topological polar surface area (TPSA) is 78.5 Å². The zero-order valence-electron chi connectivity index (χ0n) is 15.7. The molecule has 2 unspecified atom stereocenters. The molecule has 140 valence electrons. The van der Waals surface area contributed by atoms with Gasteiger partial charge in [-0.3, -0.25) is 14.4 Å². The van der Waals surface area contributed by atoms with Gasteiger partial charge in [-0.2, -0.15) is 0 Å². The number of nitrogens with one attached hydrogen (secondary N) is 2. The summed E-state index contributed by atoms with van der Waals surface area (Å²) >= 11 is 0. The van der Waals surface area contributed by atoms with Gasteiger partial charge in [-0.1, -0.05) is 13.0 Å². The number of amides is 3. The van der Waals surface area contributed by atoms with Gasteiger partial charge < -0.3 is 15.5 Å². The van der Waals surface area contributed by atoms with Gasteiger partial charge in [0.15, 0.2) is 0 Å². The normalized spacial score (nSPS) is 17.7. The van der Waals surface area contributed by atoms with Crippen LogP contribution in [0.4, 0.5) is 11.4 Å². The predicted octanol–water partition coefficient (Wildman–Crippen LogP) is 3.24. The third-order valence-electron chi connectivity index (χ3n) is 4.63. The van der Waals surface area contributed by atoms with Crippen molar-refractivity contribution in [1.82, 2.24) is 4.90 Å². The highest BCUT2D eigenvalue weighted by molar-refractivity contribution is 6.05. The summed E-state index contributed by atoms with van der Waals surface area (Å²) in [5, 5.41) is 5.66. The van der Waals surface area contributed by atoms with E-state index in [9.17, 15) is 14.4 Å². The van der Waals surface area contributed by atoms with Gasteiger partial charge in [-0.05, 0) is 54.8 Å². The van der Waals surface area contributed by atoms with E-state index in [1.54, 1.807) is 62.6 Å². The lowest BCUT2D eigenvalue weighted by Crippen LogP contribution is -2.22. The van der Waals surface area contributed by atoms with Crippen molar-refractivity contribution in [3.05, 3.63) is 59.7 Å². The maximum absolute atomic E-state index is 12.4. The Morgan fingerprint density at radius 2 is 1.59 bits per heavy atom. The van der Waals surface area contributed by atoms with E-state index in [1.807, 2.05) is 0 Å². The van der Waals surface area contributed by atoms with Crippen molar-refractivity contribution in [2.75, 3.05) is 24.7 Å². The van der Waals surface area contributed by atoms with Crippen molar-refractivity contribution in [1.29, 1.82) is 0 Å². The molecule has 1 aliphatic carbocycles. The quantitative estimate of drug-likeness (QED) is 0.854. The number of nitrogens with zero attached hydrogens (tertiary/aromatic N) is 1. The summed E-state index contributed by atoms with van der Waals surface area (Å²) in [4.78, 5) is 37.9. The fourth-order valence-corrected chi connectivity index (χ4v) is 2.82. The SMILES string of the molecule is CC1CC1C(=O)Nc1ccc(C(=O)Nc2cccc(C(=O)N(C)C)c2)cc1. The molecule has 0 aliphatic heterocycles. The Bertz CT molecular complexity index is 874. The third-order valence-corrected chi connectivity index (χ3v) is 4.63. The first-order valence-corrected chi connectivity index (χ1v) is 8.89. The Morgan fingerprint density at radius 1 is 0.926 bits per heavy atom. The Kier molecular flexibility index (Phi) is 5.26. The van der Waals surface area contributed by atoms with E-state index in [2.05, 4.69) is 17.6 Å². The molecule has 2 N–H and O–H groups in total. The molecular weight excluding hydrogens is 342 g/mol. The first-order valence-electron chi connectivity index (χ1n) is 8.89. The lowest BCUT2D eigenvalue weighted by atomic mass is 10.1. The van der Waals surface area contributed by atoms with E-state index in [0.29, 0.717) is 28.4 Å². The number of rotatable bonds is 5. The second kappa shape index (κ2) is 7.61. The van der Waals surface area contributed by atoms with Crippen molar-refractivity contribution in [2.45, 2.75) is 13.3 Å². The molecular formula is C21H23N3O3. The molecule has 1 aliphatic rings. The molecule has 1 saturated carbocycles. The number of carbonyl (C=O) groups is 3. The fraction of sp³-hybridized carbons (Fsp3) is 0.286. The van der Waals surface area contributed by atoms with Crippen molar-refractivity contribution in [2.24, 2.45) is 11.8 Å². The number of hydrogen-bond acceptors (Lipinski definition) is 3. The second-order valence-electron chi connectivity index (χ2n) is 7.12. The summed E-state index contributed by atoms with van der Waals surface area (Å²) in [6, 6.07) is 13.6. The third kappa shape index (κ3) is 4.53. The molecule has 3 amide bonds. The molecule has 6 heteroatoms. The monoisotopic (exact) mass is 365 g/mol. The van der Waals surface area contributed by atoms with Crippen molar-refractivity contribution < 1.29 is 14.4 Å². The lowest BCUT2D eigenvalue weighted by Gasteiger charge is -2.12. The number of hydrogen-bond donors (Lipinski definition) is 2. The smallest absolute Gasteiger partial charge is 0.255 e. The van der Waals surface area contributed by atoms with Crippen molar-refractivity contribution in [3.63, 3.8) is 0 Å². The largest absolute Gasteiger partial charge is 0.345 e.